The second kappa shape index (κ2) is 10.6. The Balaban J connectivity index is 1.61. The van der Waals surface area contributed by atoms with E-state index in [9.17, 15) is 18.8 Å². The van der Waals surface area contributed by atoms with Crippen molar-refractivity contribution in [2.45, 2.75) is 20.1 Å². The largest absolute Gasteiger partial charge is 0.490 e. The minimum atomic E-state index is -0.825. The second-order valence-electron chi connectivity index (χ2n) is 7.47. The van der Waals surface area contributed by atoms with Gasteiger partial charge >= 0.3 is 6.03 Å². The molecule has 1 N–H and O–H groups in total. The molecule has 0 atom stereocenters. The summed E-state index contributed by atoms with van der Waals surface area (Å²) in [7, 11) is 0. The van der Waals surface area contributed by atoms with Crippen LogP contribution < -0.4 is 14.8 Å². The number of nitrogens with one attached hydrogen (secondary N) is 1. The molecule has 180 valence electrons. The average molecular weight is 543 g/mol. The topological polar surface area (TPSA) is 98.1 Å². The van der Waals surface area contributed by atoms with E-state index < -0.39 is 17.8 Å². The van der Waals surface area contributed by atoms with Crippen molar-refractivity contribution in [2.24, 2.45) is 0 Å². The predicted octanol–water partition coefficient (Wildman–Crippen LogP) is 4.82. The van der Waals surface area contributed by atoms with E-state index >= 15 is 0 Å². The molecule has 0 aliphatic carbocycles. The Hall–Kier alpha value is -3.92. The van der Waals surface area contributed by atoms with Crippen LogP contribution in [0.3, 0.4) is 0 Å². The van der Waals surface area contributed by atoms with Gasteiger partial charge in [0.15, 0.2) is 11.5 Å². The van der Waals surface area contributed by atoms with Crippen molar-refractivity contribution in [1.29, 1.82) is 0 Å². The summed E-state index contributed by atoms with van der Waals surface area (Å²) in [5, 5.41) is 2.17. The van der Waals surface area contributed by atoms with E-state index in [-0.39, 0.29) is 24.5 Å². The number of benzene rings is 2. The fourth-order valence-corrected chi connectivity index (χ4v) is 3.95. The van der Waals surface area contributed by atoms with Gasteiger partial charge in [-0.05, 0) is 76.5 Å². The fourth-order valence-electron chi connectivity index (χ4n) is 3.37. The van der Waals surface area contributed by atoms with Crippen molar-refractivity contribution in [3.05, 3.63) is 87.5 Å². The Morgan fingerprint density at radius 1 is 1.11 bits per heavy atom. The van der Waals surface area contributed by atoms with Crippen LogP contribution in [-0.2, 0) is 22.7 Å². The Morgan fingerprint density at radius 3 is 2.57 bits per heavy atom. The van der Waals surface area contributed by atoms with E-state index in [0.717, 1.165) is 10.5 Å². The lowest BCUT2D eigenvalue weighted by molar-refractivity contribution is -0.130. The molecule has 0 bridgehead atoms. The molecule has 4 rings (SSSR count). The lowest BCUT2D eigenvalue weighted by Gasteiger charge is -2.25. The number of halogens is 2. The number of hydrogen-bond acceptors (Lipinski definition) is 6. The highest BCUT2D eigenvalue weighted by Gasteiger charge is 2.36. The van der Waals surface area contributed by atoms with E-state index in [1.807, 2.05) is 0 Å². The zero-order valence-corrected chi connectivity index (χ0v) is 20.1. The van der Waals surface area contributed by atoms with Gasteiger partial charge in [0.2, 0.25) is 0 Å². The molecule has 0 spiro atoms. The standard InChI is InChI=1S/C25H20BrFN2O6/c1-2-33-21-12-16(11-20(26)22(21)35-14-15-5-7-17(27)8-6-15)10-19-23(30)28-25(32)29(24(19)31)13-18-4-3-9-34-18/h3-12H,2,13-14H2,1H3,(H,28,30,32)/b19-10+. The number of barbiturate groups is 1. The Kier molecular flexibility index (Phi) is 7.31. The fraction of sp³-hybridized carbons (Fsp3) is 0.160. The van der Waals surface area contributed by atoms with Gasteiger partial charge in [-0.15, -0.1) is 0 Å². The van der Waals surface area contributed by atoms with Gasteiger partial charge in [-0.25, -0.2) is 9.18 Å². The highest BCUT2D eigenvalue weighted by molar-refractivity contribution is 9.10. The molecule has 2 heterocycles. The van der Waals surface area contributed by atoms with Crippen LogP contribution in [0, 0.1) is 5.82 Å². The maximum atomic E-state index is 13.2. The van der Waals surface area contributed by atoms with Gasteiger partial charge in [0.05, 0.1) is 23.9 Å². The third-order valence-electron chi connectivity index (χ3n) is 5.02. The first-order valence-electron chi connectivity index (χ1n) is 10.6. The third kappa shape index (κ3) is 5.60. The number of imide groups is 2. The molecular weight excluding hydrogens is 523 g/mol. The SMILES string of the molecule is CCOc1cc(/C=C2\C(=O)NC(=O)N(Cc3ccco3)C2=O)cc(Br)c1OCc1ccc(F)cc1. The van der Waals surface area contributed by atoms with Crippen molar-refractivity contribution in [1.82, 2.24) is 10.2 Å². The lowest BCUT2D eigenvalue weighted by Crippen LogP contribution is -2.53. The van der Waals surface area contributed by atoms with Crippen LogP contribution in [0.25, 0.3) is 6.08 Å². The smallest absolute Gasteiger partial charge is 0.331 e. The molecule has 35 heavy (non-hydrogen) atoms. The molecule has 2 aromatic carbocycles. The normalized spacial score (nSPS) is 14.9. The van der Waals surface area contributed by atoms with E-state index in [1.54, 1.807) is 43.3 Å². The van der Waals surface area contributed by atoms with Gasteiger partial charge in [-0.1, -0.05) is 12.1 Å². The van der Waals surface area contributed by atoms with Crippen molar-refractivity contribution in [2.75, 3.05) is 6.61 Å². The number of nitrogens with zero attached hydrogens (tertiary/aromatic N) is 1. The molecule has 1 saturated heterocycles. The molecule has 0 unspecified atom stereocenters. The van der Waals surface area contributed by atoms with Crippen LogP contribution in [-0.4, -0.2) is 29.4 Å². The van der Waals surface area contributed by atoms with E-state index in [1.165, 1.54) is 24.5 Å². The number of amides is 4. The van der Waals surface area contributed by atoms with Crippen molar-refractivity contribution in [3.63, 3.8) is 0 Å². The van der Waals surface area contributed by atoms with Crippen molar-refractivity contribution in [3.8, 4) is 11.5 Å². The quantitative estimate of drug-likeness (QED) is 0.323. The van der Waals surface area contributed by atoms with Crippen LogP contribution in [0.1, 0.15) is 23.8 Å². The number of carbonyl (C=O) groups is 3. The third-order valence-corrected chi connectivity index (χ3v) is 5.61. The lowest BCUT2D eigenvalue weighted by atomic mass is 10.1. The van der Waals surface area contributed by atoms with Crippen LogP contribution in [0.15, 0.2) is 69.3 Å². The van der Waals surface area contributed by atoms with Gasteiger partial charge in [0.1, 0.15) is 23.8 Å². The van der Waals surface area contributed by atoms with E-state index in [4.69, 9.17) is 13.9 Å². The first-order chi connectivity index (χ1) is 16.9. The first kappa shape index (κ1) is 24.2. The number of ether oxygens (including phenoxy) is 2. The highest BCUT2D eigenvalue weighted by atomic mass is 79.9. The molecule has 3 aromatic rings. The molecule has 10 heteroatoms. The van der Waals surface area contributed by atoms with Crippen molar-refractivity contribution < 1.29 is 32.7 Å². The first-order valence-corrected chi connectivity index (χ1v) is 11.4. The van der Waals surface area contributed by atoms with Gasteiger partial charge in [-0.2, -0.15) is 0 Å². The van der Waals surface area contributed by atoms with Crippen LogP contribution in [0.2, 0.25) is 0 Å². The summed E-state index contributed by atoms with van der Waals surface area (Å²) in [6.45, 7) is 2.19. The zero-order chi connectivity index (χ0) is 24.9. The number of rotatable bonds is 8. The summed E-state index contributed by atoms with van der Waals surface area (Å²) >= 11 is 3.45. The number of hydrogen-bond donors (Lipinski definition) is 1. The van der Waals surface area contributed by atoms with Gasteiger partial charge < -0.3 is 13.9 Å². The molecule has 0 saturated carbocycles. The average Bonchev–Trinajstić information content (AvgIpc) is 3.34. The molecule has 1 aliphatic heterocycles. The summed E-state index contributed by atoms with van der Waals surface area (Å²) in [4.78, 5) is 38.5. The molecule has 8 nitrogen and oxygen atoms in total. The molecule has 4 amide bonds. The summed E-state index contributed by atoms with van der Waals surface area (Å²) in [6, 6.07) is 11.6. The summed E-state index contributed by atoms with van der Waals surface area (Å²) in [6.07, 6.45) is 2.80. The summed E-state index contributed by atoms with van der Waals surface area (Å²) < 4.78 is 30.5. The van der Waals surface area contributed by atoms with E-state index in [2.05, 4.69) is 21.2 Å². The maximum absolute atomic E-state index is 13.2. The molecule has 1 fully saturated rings. The van der Waals surface area contributed by atoms with Gasteiger partial charge in [0.25, 0.3) is 11.8 Å². The molecule has 0 radical (unpaired) electrons. The predicted molar refractivity (Wildman–Crippen MR) is 127 cm³/mol. The Bertz CT molecular complexity index is 1290. The monoisotopic (exact) mass is 542 g/mol. The summed E-state index contributed by atoms with van der Waals surface area (Å²) in [5.41, 5.74) is 1.02. The molecular formula is C25H20BrFN2O6. The van der Waals surface area contributed by atoms with Crippen LogP contribution in [0.4, 0.5) is 9.18 Å². The Morgan fingerprint density at radius 2 is 1.89 bits per heavy atom. The van der Waals surface area contributed by atoms with Crippen LogP contribution >= 0.6 is 15.9 Å². The minimum Gasteiger partial charge on any atom is -0.490 e. The number of carbonyl (C=O) groups excluding carboxylic acids is 3. The molecule has 1 aliphatic rings. The van der Waals surface area contributed by atoms with E-state index in [0.29, 0.717) is 33.9 Å². The highest BCUT2D eigenvalue weighted by Crippen LogP contribution is 2.38. The van der Waals surface area contributed by atoms with Gasteiger partial charge in [0, 0.05) is 0 Å². The van der Waals surface area contributed by atoms with Crippen LogP contribution in [0.5, 0.6) is 11.5 Å². The second-order valence-corrected chi connectivity index (χ2v) is 8.32. The van der Waals surface area contributed by atoms with Crippen molar-refractivity contribution >= 4 is 39.9 Å². The zero-order valence-electron chi connectivity index (χ0n) is 18.5. The Labute approximate surface area is 208 Å². The van der Waals surface area contributed by atoms with Gasteiger partial charge in [-0.3, -0.25) is 19.8 Å². The minimum absolute atomic E-state index is 0.119. The summed E-state index contributed by atoms with van der Waals surface area (Å²) in [5.74, 6) is -0.711. The maximum Gasteiger partial charge on any atom is 0.331 e. The number of urea groups is 1. The molecule has 1 aromatic heterocycles. The number of furan rings is 1.